The van der Waals surface area contributed by atoms with E-state index >= 15 is 0 Å². The van der Waals surface area contributed by atoms with Crippen molar-refractivity contribution in [2.45, 2.75) is 119 Å². The van der Waals surface area contributed by atoms with Crippen LogP contribution in [0.4, 0.5) is 19.0 Å². The zero-order valence-electron chi connectivity index (χ0n) is 28.1. The fourth-order valence-corrected chi connectivity index (χ4v) is 4.84. The van der Waals surface area contributed by atoms with Crippen LogP contribution in [0.1, 0.15) is 99.6 Å². The summed E-state index contributed by atoms with van der Waals surface area (Å²) in [6, 6.07) is 8.38. The number of aromatic nitrogens is 2. The number of hydrogen-bond donors (Lipinski definition) is 0. The number of anilines is 1. The third-order valence-electron chi connectivity index (χ3n) is 7.28. The maximum atomic E-state index is 12.4. The second kappa shape index (κ2) is 19.6. The summed E-state index contributed by atoms with van der Waals surface area (Å²) in [5, 5.41) is 4.75. The number of nitrogens with zero attached hydrogens (tertiary/aromatic N) is 4. The van der Waals surface area contributed by atoms with Crippen LogP contribution in [0.25, 0.3) is 5.69 Å². The lowest BCUT2D eigenvalue weighted by atomic mass is 9.99. The Morgan fingerprint density at radius 1 is 0.953 bits per heavy atom. The van der Waals surface area contributed by atoms with E-state index in [2.05, 4.69) is 76.5 Å². The number of alkyl halides is 3. The van der Waals surface area contributed by atoms with Crippen LogP contribution in [0.5, 0.6) is 5.75 Å². The molecule has 1 aliphatic heterocycles. The Morgan fingerprint density at radius 2 is 1.49 bits per heavy atom. The molecule has 1 aromatic heterocycles. The molecule has 9 heteroatoms. The lowest BCUT2D eigenvalue weighted by Gasteiger charge is -2.47. The third-order valence-corrected chi connectivity index (χ3v) is 7.28. The van der Waals surface area contributed by atoms with Crippen LogP contribution in [0, 0.1) is 12.8 Å². The van der Waals surface area contributed by atoms with Gasteiger partial charge < -0.3 is 19.3 Å². The Balaban J connectivity index is 0.000000717. The maximum absolute atomic E-state index is 12.4. The molecule has 0 N–H and O–H groups in total. The largest absolute Gasteiger partial charge is 0.573 e. The first-order valence-corrected chi connectivity index (χ1v) is 16.0. The van der Waals surface area contributed by atoms with E-state index in [1.165, 1.54) is 30.7 Å². The Labute approximate surface area is 259 Å². The first-order valence-electron chi connectivity index (χ1n) is 16.0. The van der Waals surface area contributed by atoms with Crippen molar-refractivity contribution in [3.8, 4) is 11.4 Å². The van der Waals surface area contributed by atoms with Gasteiger partial charge in [-0.3, -0.25) is 0 Å². The van der Waals surface area contributed by atoms with Crippen molar-refractivity contribution in [3.63, 3.8) is 0 Å². The highest BCUT2D eigenvalue weighted by atomic mass is 19.4. The van der Waals surface area contributed by atoms with Gasteiger partial charge in [0.2, 0.25) is 0 Å². The minimum absolute atomic E-state index is 0.248. The van der Waals surface area contributed by atoms with Gasteiger partial charge in [0, 0.05) is 55.8 Å². The van der Waals surface area contributed by atoms with E-state index in [0.717, 1.165) is 63.5 Å². The highest BCUT2D eigenvalue weighted by Gasteiger charge is 2.32. The lowest BCUT2D eigenvalue weighted by molar-refractivity contribution is -0.274. The van der Waals surface area contributed by atoms with Crippen molar-refractivity contribution < 1.29 is 22.6 Å². The quantitative estimate of drug-likeness (QED) is 0.224. The van der Waals surface area contributed by atoms with E-state index in [4.69, 9.17) is 9.84 Å². The summed E-state index contributed by atoms with van der Waals surface area (Å²) in [5.41, 5.74) is 2.79. The molecule has 3 rings (SSSR count). The number of benzene rings is 1. The van der Waals surface area contributed by atoms with Crippen molar-refractivity contribution in [2.24, 2.45) is 5.92 Å². The van der Waals surface area contributed by atoms with E-state index in [-0.39, 0.29) is 5.75 Å². The zero-order chi connectivity index (χ0) is 32.6. The Morgan fingerprint density at radius 3 is 1.93 bits per heavy atom. The van der Waals surface area contributed by atoms with Gasteiger partial charge in [-0.15, -0.1) is 13.2 Å². The molecule has 1 aromatic carbocycles. The molecule has 3 unspecified atom stereocenters. The molecule has 6 nitrogen and oxygen atoms in total. The number of ether oxygens (including phenoxy) is 2. The molecule has 43 heavy (non-hydrogen) atoms. The van der Waals surface area contributed by atoms with Crippen molar-refractivity contribution in [3.05, 3.63) is 48.3 Å². The smallest absolute Gasteiger partial charge is 0.406 e. The van der Waals surface area contributed by atoms with Gasteiger partial charge in [-0.25, -0.2) is 4.68 Å². The van der Waals surface area contributed by atoms with Crippen LogP contribution in [-0.4, -0.2) is 59.4 Å². The average molecular weight is 611 g/mol. The lowest BCUT2D eigenvalue weighted by Crippen LogP contribution is -2.56. The summed E-state index contributed by atoms with van der Waals surface area (Å²) in [6.07, 6.45) is 2.36. The molecule has 0 spiro atoms. The summed E-state index contributed by atoms with van der Waals surface area (Å²) in [7, 11) is 0. The number of unbranched alkanes of at least 4 members (excludes halogenated alkanes) is 1. The normalized spacial score (nSPS) is 17.4. The van der Waals surface area contributed by atoms with E-state index in [9.17, 15) is 13.2 Å². The van der Waals surface area contributed by atoms with Crippen molar-refractivity contribution in [2.75, 3.05) is 31.2 Å². The minimum atomic E-state index is -4.70. The first-order chi connectivity index (χ1) is 20.3. The number of halogens is 3. The summed E-state index contributed by atoms with van der Waals surface area (Å²) in [5.74, 6) is 1.23. The van der Waals surface area contributed by atoms with Crippen LogP contribution in [-0.2, 0) is 4.74 Å². The number of hydrogen-bond acceptors (Lipinski definition) is 5. The Bertz CT molecular complexity index is 1020. The van der Waals surface area contributed by atoms with E-state index in [0.29, 0.717) is 23.7 Å². The Kier molecular flexibility index (Phi) is 17.4. The Hall–Kier alpha value is -2.68. The molecule has 1 saturated heterocycles. The maximum Gasteiger partial charge on any atom is 0.573 e. The molecular formula is C34H57F3N4O2. The van der Waals surface area contributed by atoms with Crippen molar-refractivity contribution >= 4 is 5.82 Å². The van der Waals surface area contributed by atoms with E-state index < -0.39 is 6.36 Å². The molecule has 0 amide bonds. The average Bonchev–Trinajstić information content (AvgIpc) is 3.34. The van der Waals surface area contributed by atoms with Crippen molar-refractivity contribution in [1.29, 1.82) is 0 Å². The molecule has 1 aliphatic rings. The summed E-state index contributed by atoms with van der Waals surface area (Å²) < 4.78 is 48.1. The monoisotopic (exact) mass is 610 g/mol. The molecule has 0 saturated carbocycles. The van der Waals surface area contributed by atoms with Gasteiger partial charge in [0.1, 0.15) is 5.75 Å². The highest BCUT2D eigenvalue weighted by molar-refractivity contribution is 5.46. The highest BCUT2D eigenvalue weighted by Crippen LogP contribution is 2.29. The van der Waals surface area contributed by atoms with E-state index in [1.54, 1.807) is 16.8 Å². The van der Waals surface area contributed by atoms with Crippen LogP contribution in [0.15, 0.2) is 42.6 Å². The predicted octanol–water partition coefficient (Wildman–Crippen LogP) is 9.56. The van der Waals surface area contributed by atoms with Crippen molar-refractivity contribution in [1.82, 2.24) is 14.7 Å². The fraction of sp³-hybridized carbons (Fsp3) is 0.676. The molecule has 2 aromatic rings. The molecule has 1 fully saturated rings. The fourth-order valence-electron chi connectivity index (χ4n) is 4.84. The third kappa shape index (κ3) is 13.7. The van der Waals surface area contributed by atoms with Crippen LogP contribution in [0.3, 0.4) is 0 Å². The molecule has 2 heterocycles. The second-order valence-corrected chi connectivity index (χ2v) is 11.5. The molecule has 0 radical (unpaired) electrons. The second-order valence-electron chi connectivity index (χ2n) is 11.5. The molecule has 246 valence electrons. The number of piperazine rings is 1. The minimum Gasteiger partial charge on any atom is -0.406 e. The zero-order valence-corrected chi connectivity index (χ0v) is 28.1. The SMILES string of the molecule is C=C(CC(C)CC)N1C(C)CN(c2cc(C)n(-c3ccc(OC(F)(F)F)cc3)n2)CC1C.CCCC.CCCOCCC. The topological polar surface area (TPSA) is 42.8 Å². The summed E-state index contributed by atoms with van der Waals surface area (Å²) >= 11 is 0. The standard InChI is InChI=1S/C24H33F3N4O.C6H14O.C4H10/c1-7-16(2)12-17(3)30-19(5)14-29(15-20(30)6)23-13-18(4)31(28-23)21-8-10-22(11-9-21)32-24(25,26)27;1-3-5-7-6-4-2;1-3-4-2/h8-11,13,16,19-20H,3,7,12,14-15H2,1-2,4-6H3;3-6H2,1-2H3;3-4H2,1-2H3. The number of aryl methyl sites for hydroxylation is 1. The molecule has 3 atom stereocenters. The molecule has 0 bridgehead atoms. The van der Waals surface area contributed by atoms with Gasteiger partial charge in [-0.2, -0.15) is 5.10 Å². The molecule has 0 aliphatic carbocycles. The molecular weight excluding hydrogens is 553 g/mol. The van der Waals surface area contributed by atoms with E-state index in [1.807, 2.05) is 13.0 Å². The van der Waals surface area contributed by atoms with Gasteiger partial charge in [-0.1, -0.05) is 67.4 Å². The number of allylic oxidation sites excluding steroid dienone is 1. The van der Waals surface area contributed by atoms with Gasteiger partial charge in [0.25, 0.3) is 0 Å². The van der Waals surface area contributed by atoms with Gasteiger partial charge in [0.15, 0.2) is 5.82 Å². The summed E-state index contributed by atoms with van der Waals surface area (Å²) in [4.78, 5) is 4.71. The predicted molar refractivity (Wildman–Crippen MR) is 173 cm³/mol. The van der Waals surface area contributed by atoms with Crippen LogP contribution in [0.2, 0.25) is 0 Å². The van der Waals surface area contributed by atoms with Gasteiger partial charge >= 0.3 is 6.36 Å². The summed E-state index contributed by atoms with van der Waals surface area (Å²) in [6.45, 7) is 27.3. The van der Waals surface area contributed by atoms with Crippen LogP contribution >= 0.6 is 0 Å². The first kappa shape index (κ1) is 38.3. The van der Waals surface area contributed by atoms with Crippen LogP contribution < -0.4 is 9.64 Å². The van der Waals surface area contributed by atoms with Gasteiger partial charge in [0.05, 0.1) is 5.69 Å². The number of rotatable bonds is 12. The van der Waals surface area contributed by atoms with Gasteiger partial charge in [-0.05, 0) is 70.2 Å².